The lowest BCUT2D eigenvalue weighted by atomic mass is 10.3. The van der Waals surface area contributed by atoms with Crippen LogP contribution >= 0.6 is 23.5 Å². The molecule has 0 saturated carbocycles. The zero-order valence-electron chi connectivity index (χ0n) is 12.5. The number of thioether (sulfide) groups is 2. The van der Waals surface area contributed by atoms with Crippen molar-refractivity contribution in [2.75, 3.05) is 11.5 Å². The van der Waals surface area contributed by atoms with Crippen molar-refractivity contribution in [3.8, 4) is 0 Å². The van der Waals surface area contributed by atoms with E-state index in [0.717, 1.165) is 0 Å². The summed E-state index contributed by atoms with van der Waals surface area (Å²) >= 11 is 2.66. The molecule has 2 aromatic rings. The fourth-order valence-electron chi connectivity index (χ4n) is 1.73. The van der Waals surface area contributed by atoms with Crippen molar-refractivity contribution >= 4 is 35.5 Å². The molecule has 24 heavy (non-hydrogen) atoms. The quantitative estimate of drug-likeness (QED) is 0.545. The molecule has 0 aromatic carbocycles. The van der Waals surface area contributed by atoms with E-state index in [4.69, 9.17) is 10.2 Å². The third-order valence-electron chi connectivity index (χ3n) is 2.80. The van der Waals surface area contributed by atoms with Crippen LogP contribution in [0.15, 0.2) is 58.9 Å². The first-order valence-electron chi connectivity index (χ1n) is 6.87. The van der Waals surface area contributed by atoms with Crippen LogP contribution in [0.1, 0.15) is 20.7 Å². The van der Waals surface area contributed by atoms with Gasteiger partial charge in [0.2, 0.25) is 0 Å². The molecule has 0 atom stereocenters. The number of carboxylic acid groups (broad SMARTS) is 2. The SMILES string of the molecule is O=C(O)c1cccnc1SC/C=C\CSc1ncccc1C(=O)O. The Bertz CT molecular complexity index is 702. The van der Waals surface area contributed by atoms with E-state index in [1.54, 1.807) is 24.5 Å². The van der Waals surface area contributed by atoms with Crippen LogP contribution in [0.5, 0.6) is 0 Å². The van der Waals surface area contributed by atoms with Crippen molar-refractivity contribution in [3.05, 3.63) is 59.9 Å². The van der Waals surface area contributed by atoms with Crippen LogP contribution in [0.4, 0.5) is 0 Å². The standard InChI is InChI=1S/C16H14N2O4S2/c19-15(20)11-5-3-7-17-13(11)23-9-1-2-10-24-14-12(16(21)22)6-4-8-18-14/h1-8H,9-10H2,(H,19,20)(H,21,22)/b2-1-. The maximum atomic E-state index is 11.1. The van der Waals surface area contributed by atoms with Gasteiger partial charge in [-0.05, 0) is 24.3 Å². The van der Waals surface area contributed by atoms with E-state index >= 15 is 0 Å². The second-order valence-electron chi connectivity index (χ2n) is 4.42. The van der Waals surface area contributed by atoms with Gasteiger partial charge in [0.1, 0.15) is 10.1 Å². The molecule has 2 heterocycles. The summed E-state index contributed by atoms with van der Waals surface area (Å²) < 4.78 is 0. The zero-order valence-corrected chi connectivity index (χ0v) is 14.1. The van der Waals surface area contributed by atoms with E-state index in [1.807, 2.05) is 12.2 Å². The van der Waals surface area contributed by atoms with Crippen LogP contribution in [0.3, 0.4) is 0 Å². The molecule has 8 heteroatoms. The molecular weight excluding hydrogens is 348 g/mol. The van der Waals surface area contributed by atoms with Crippen LogP contribution in [0.2, 0.25) is 0 Å². The largest absolute Gasteiger partial charge is 0.478 e. The number of aromatic carboxylic acids is 2. The van der Waals surface area contributed by atoms with Crippen molar-refractivity contribution in [3.63, 3.8) is 0 Å². The molecule has 2 aromatic heterocycles. The first-order chi connectivity index (χ1) is 11.6. The average Bonchev–Trinajstić information content (AvgIpc) is 2.58. The van der Waals surface area contributed by atoms with Gasteiger partial charge in [-0.1, -0.05) is 12.2 Å². The summed E-state index contributed by atoms with van der Waals surface area (Å²) in [5.74, 6) is -0.847. The second-order valence-corrected chi connectivity index (χ2v) is 6.43. The highest BCUT2D eigenvalue weighted by molar-refractivity contribution is 7.99. The third-order valence-corrected chi connectivity index (χ3v) is 4.72. The molecule has 124 valence electrons. The van der Waals surface area contributed by atoms with Gasteiger partial charge in [-0.3, -0.25) is 0 Å². The molecule has 0 spiro atoms. The molecule has 0 aliphatic rings. The lowest BCUT2D eigenvalue weighted by Crippen LogP contribution is -2.00. The zero-order chi connectivity index (χ0) is 17.4. The Kier molecular flexibility index (Phi) is 6.83. The number of aromatic nitrogens is 2. The lowest BCUT2D eigenvalue weighted by molar-refractivity contribution is 0.0681. The number of carboxylic acids is 2. The molecule has 2 N–H and O–H groups in total. The number of hydrogen-bond donors (Lipinski definition) is 2. The minimum Gasteiger partial charge on any atom is -0.478 e. The Labute approximate surface area is 147 Å². The Hall–Kier alpha value is -2.32. The van der Waals surface area contributed by atoms with Crippen LogP contribution in [-0.2, 0) is 0 Å². The number of hydrogen-bond acceptors (Lipinski definition) is 6. The summed E-state index contributed by atoms with van der Waals surface area (Å²) in [6.07, 6.45) is 6.90. The molecular formula is C16H14N2O4S2. The van der Waals surface area contributed by atoms with Gasteiger partial charge >= 0.3 is 11.9 Å². The number of carbonyl (C=O) groups is 2. The van der Waals surface area contributed by atoms with Gasteiger partial charge in [0.05, 0.1) is 11.1 Å². The topological polar surface area (TPSA) is 100 Å². The lowest BCUT2D eigenvalue weighted by Gasteiger charge is -2.02. The van der Waals surface area contributed by atoms with E-state index in [2.05, 4.69) is 9.97 Å². The molecule has 0 radical (unpaired) electrons. The monoisotopic (exact) mass is 362 g/mol. The van der Waals surface area contributed by atoms with Crippen molar-refractivity contribution in [1.82, 2.24) is 9.97 Å². The van der Waals surface area contributed by atoms with Gasteiger partial charge in [0.25, 0.3) is 0 Å². The molecule has 0 amide bonds. The Morgan fingerprint density at radius 2 is 1.29 bits per heavy atom. The molecule has 0 bridgehead atoms. The summed E-state index contributed by atoms with van der Waals surface area (Å²) in [7, 11) is 0. The van der Waals surface area contributed by atoms with E-state index < -0.39 is 11.9 Å². The maximum Gasteiger partial charge on any atom is 0.338 e. The molecule has 0 unspecified atom stereocenters. The third kappa shape index (κ3) is 5.10. The van der Waals surface area contributed by atoms with E-state index in [-0.39, 0.29) is 11.1 Å². The minimum absolute atomic E-state index is 0.185. The van der Waals surface area contributed by atoms with Crippen LogP contribution in [0.25, 0.3) is 0 Å². The Morgan fingerprint density at radius 1 is 0.875 bits per heavy atom. The molecule has 0 aliphatic carbocycles. The number of pyridine rings is 2. The summed E-state index contributed by atoms with van der Waals surface area (Å²) in [5.41, 5.74) is 0.370. The van der Waals surface area contributed by atoms with Gasteiger partial charge in [-0.2, -0.15) is 0 Å². The van der Waals surface area contributed by atoms with Gasteiger partial charge in [-0.25, -0.2) is 19.6 Å². The predicted octanol–water partition coefficient (Wildman–Crippen LogP) is 3.31. The van der Waals surface area contributed by atoms with Crippen LogP contribution in [-0.4, -0.2) is 43.6 Å². The number of nitrogens with zero attached hydrogens (tertiary/aromatic N) is 2. The van der Waals surface area contributed by atoms with Gasteiger partial charge in [0, 0.05) is 23.9 Å². The summed E-state index contributed by atoms with van der Waals surface area (Å²) in [4.78, 5) is 30.3. The fraction of sp³-hybridized carbons (Fsp3) is 0.125. The average molecular weight is 362 g/mol. The maximum absolute atomic E-state index is 11.1. The molecule has 6 nitrogen and oxygen atoms in total. The van der Waals surface area contributed by atoms with E-state index in [9.17, 15) is 9.59 Å². The predicted molar refractivity (Wildman–Crippen MR) is 93.0 cm³/mol. The fourth-order valence-corrected chi connectivity index (χ4v) is 3.40. The highest BCUT2D eigenvalue weighted by Crippen LogP contribution is 2.22. The molecule has 2 rings (SSSR count). The highest BCUT2D eigenvalue weighted by Gasteiger charge is 2.11. The minimum atomic E-state index is -0.999. The molecule has 0 aliphatic heterocycles. The summed E-state index contributed by atoms with van der Waals surface area (Å²) in [6, 6.07) is 6.22. The van der Waals surface area contributed by atoms with Crippen molar-refractivity contribution in [2.45, 2.75) is 10.1 Å². The van der Waals surface area contributed by atoms with Crippen molar-refractivity contribution < 1.29 is 19.8 Å². The van der Waals surface area contributed by atoms with Crippen LogP contribution < -0.4 is 0 Å². The van der Waals surface area contributed by atoms with E-state index in [0.29, 0.717) is 21.6 Å². The van der Waals surface area contributed by atoms with Crippen molar-refractivity contribution in [2.24, 2.45) is 0 Å². The van der Waals surface area contributed by atoms with Gasteiger partial charge in [-0.15, -0.1) is 23.5 Å². The van der Waals surface area contributed by atoms with Gasteiger partial charge < -0.3 is 10.2 Å². The summed E-state index contributed by atoms with van der Waals surface area (Å²) in [6.45, 7) is 0. The Balaban J connectivity index is 1.84. The van der Waals surface area contributed by atoms with Crippen molar-refractivity contribution in [1.29, 1.82) is 0 Å². The van der Waals surface area contributed by atoms with E-state index in [1.165, 1.54) is 35.7 Å². The Morgan fingerprint density at radius 3 is 1.67 bits per heavy atom. The molecule has 0 saturated heterocycles. The first kappa shape index (κ1) is 18.0. The van der Waals surface area contributed by atoms with Gasteiger partial charge in [0.15, 0.2) is 0 Å². The first-order valence-corrected chi connectivity index (χ1v) is 8.84. The van der Waals surface area contributed by atoms with Crippen LogP contribution in [0, 0.1) is 0 Å². The second kappa shape index (κ2) is 9.09. The smallest absolute Gasteiger partial charge is 0.338 e. The summed E-state index contributed by atoms with van der Waals surface area (Å²) in [5, 5.41) is 19.1. The molecule has 0 fully saturated rings. The normalized spacial score (nSPS) is 10.8. The highest BCUT2D eigenvalue weighted by atomic mass is 32.2. The number of rotatable bonds is 8.